The van der Waals surface area contributed by atoms with E-state index in [1.54, 1.807) is 13.8 Å². The van der Waals surface area contributed by atoms with E-state index < -0.39 is 0 Å². The molecule has 1 atom stereocenters. The van der Waals surface area contributed by atoms with Crippen molar-refractivity contribution in [1.29, 1.82) is 0 Å². The Hall–Kier alpha value is -0.960. The fourth-order valence-electron chi connectivity index (χ4n) is 2.38. The van der Waals surface area contributed by atoms with E-state index in [1.165, 1.54) is 6.07 Å². The molecule has 0 amide bonds. The summed E-state index contributed by atoms with van der Waals surface area (Å²) >= 11 is 0. The second-order valence-corrected chi connectivity index (χ2v) is 4.53. The van der Waals surface area contributed by atoms with Gasteiger partial charge in [0.2, 0.25) is 0 Å². The first-order chi connectivity index (χ1) is 7.61. The third-order valence-corrected chi connectivity index (χ3v) is 3.35. The van der Waals surface area contributed by atoms with Crippen LogP contribution in [0.3, 0.4) is 0 Å². The Morgan fingerprint density at radius 2 is 2.00 bits per heavy atom. The van der Waals surface area contributed by atoms with Crippen molar-refractivity contribution in [2.75, 3.05) is 6.54 Å². The number of piperidine rings is 1. The molecule has 2 rings (SSSR count). The fraction of sp³-hybridized carbons (Fsp3) is 0.538. The van der Waals surface area contributed by atoms with E-state index in [-0.39, 0.29) is 17.7 Å². The van der Waals surface area contributed by atoms with Gasteiger partial charge in [-0.2, -0.15) is 0 Å². The molecule has 0 aliphatic carbocycles. The van der Waals surface area contributed by atoms with E-state index in [9.17, 15) is 8.78 Å². The van der Waals surface area contributed by atoms with Crippen LogP contribution in [0.2, 0.25) is 0 Å². The maximum Gasteiger partial charge on any atom is 0.131 e. The lowest BCUT2D eigenvalue weighted by molar-refractivity contribution is 0.395. The Balaban J connectivity index is 2.45. The Labute approximate surface area is 94.9 Å². The van der Waals surface area contributed by atoms with E-state index >= 15 is 0 Å². The van der Waals surface area contributed by atoms with E-state index in [4.69, 9.17) is 0 Å². The lowest BCUT2D eigenvalue weighted by Crippen LogP contribution is -2.28. The molecule has 1 N–H and O–H groups in total. The molecule has 1 aromatic carbocycles. The van der Waals surface area contributed by atoms with Gasteiger partial charge in [-0.05, 0) is 50.4 Å². The topological polar surface area (TPSA) is 12.0 Å². The quantitative estimate of drug-likeness (QED) is 0.772. The standard InChI is InChI=1S/C13H17F2N/c1-8-7-10(14)9(2)12(13(8)15)11-5-3-4-6-16-11/h7,11,16H,3-6H2,1-2H3. The molecule has 1 heterocycles. The number of benzene rings is 1. The van der Waals surface area contributed by atoms with Gasteiger partial charge in [-0.3, -0.25) is 0 Å². The lowest BCUT2D eigenvalue weighted by atomic mass is 9.92. The molecule has 1 aromatic rings. The first-order valence-corrected chi connectivity index (χ1v) is 5.79. The van der Waals surface area contributed by atoms with Crippen LogP contribution in [-0.4, -0.2) is 6.54 Å². The van der Waals surface area contributed by atoms with Gasteiger partial charge in [0, 0.05) is 11.6 Å². The van der Waals surface area contributed by atoms with E-state index in [1.807, 2.05) is 0 Å². The van der Waals surface area contributed by atoms with Crippen molar-refractivity contribution in [3.05, 3.63) is 34.4 Å². The Morgan fingerprint density at radius 1 is 1.25 bits per heavy atom. The minimum absolute atomic E-state index is 0.0249. The first kappa shape index (κ1) is 11.5. The predicted molar refractivity (Wildman–Crippen MR) is 60.4 cm³/mol. The van der Waals surface area contributed by atoms with E-state index in [0.717, 1.165) is 25.8 Å². The van der Waals surface area contributed by atoms with E-state index in [2.05, 4.69) is 5.32 Å². The zero-order valence-corrected chi connectivity index (χ0v) is 9.74. The van der Waals surface area contributed by atoms with Crippen molar-refractivity contribution in [3.8, 4) is 0 Å². The lowest BCUT2D eigenvalue weighted by Gasteiger charge is -2.26. The third kappa shape index (κ3) is 1.96. The average molecular weight is 225 g/mol. The fourth-order valence-corrected chi connectivity index (χ4v) is 2.38. The summed E-state index contributed by atoms with van der Waals surface area (Å²) < 4.78 is 27.6. The van der Waals surface area contributed by atoms with Gasteiger partial charge in [0.15, 0.2) is 0 Å². The van der Waals surface area contributed by atoms with Gasteiger partial charge in [-0.15, -0.1) is 0 Å². The summed E-state index contributed by atoms with van der Waals surface area (Å²) in [7, 11) is 0. The summed E-state index contributed by atoms with van der Waals surface area (Å²) in [6.07, 6.45) is 3.08. The maximum absolute atomic E-state index is 14.0. The highest BCUT2D eigenvalue weighted by Gasteiger charge is 2.23. The van der Waals surface area contributed by atoms with Crippen LogP contribution in [0.15, 0.2) is 6.07 Å². The Kier molecular flexibility index (Phi) is 3.24. The van der Waals surface area contributed by atoms with Crippen LogP contribution in [0.4, 0.5) is 8.78 Å². The minimum Gasteiger partial charge on any atom is -0.310 e. The average Bonchev–Trinajstić information content (AvgIpc) is 2.28. The zero-order chi connectivity index (χ0) is 11.7. The second kappa shape index (κ2) is 4.50. The van der Waals surface area contributed by atoms with Gasteiger partial charge in [0.1, 0.15) is 11.6 Å². The normalized spacial score (nSPS) is 21.1. The smallest absolute Gasteiger partial charge is 0.131 e. The number of aryl methyl sites for hydroxylation is 1. The minimum atomic E-state index is -0.304. The van der Waals surface area contributed by atoms with Gasteiger partial charge in [0.25, 0.3) is 0 Å². The summed E-state index contributed by atoms with van der Waals surface area (Å²) in [4.78, 5) is 0. The summed E-state index contributed by atoms with van der Waals surface area (Å²) in [6.45, 7) is 4.16. The highest BCUT2D eigenvalue weighted by molar-refractivity contribution is 5.36. The van der Waals surface area contributed by atoms with Crippen LogP contribution in [-0.2, 0) is 0 Å². The molecule has 0 saturated carbocycles. The Bertz CT molecular complexity index is 369. The van der Waals surface area contributed by atoms with Crippen molar-refractivity contribution in [2.24, 2.45) is 0 Å². The van der Waals surface area contributed by atoms with Gasteiger partial charge in [-0.25, -0.2) is 8.78 Å². The predicted octanol–water partition coefficient (Wildman–Crippen LogP) is 3.40. The number of hydrogen-bond acceptors (Lipinski definition) is 1. The molecule has 1 fully saturated rings. The molecule has 0 spiro atoms. The Morgan fingerprint density at radius 3 is 2.62 bits per heavy atom. The number of rotatable bonds is 1. The molecule has 88 valence electrons. The molecular weight excluding hydrogens is 208 g/mol. The molecule has 1 unspecified atom stereocenters. The highest BCUT2D eigenvalue weighted by Crippen LogP contribution is 2.30. The summed E-state index contributed by atoms with van der Waals surface area (Å²) in [5.74, 6) is -0.556. The van der Waals surface area contributed by atoms with Crippen LogP contribution >= 0.6 is 0 Å². The van der Waals surface area contributed by atoms with Gasteiger partial charge in [0.05, 0.1) is 0 Å². The molecule has 0 bridgehead atoms. The van der Waals surface area contributed by atoms with Crippen LogP contribution in [0.5, 0.6) is 0 Å². The van der Waals surface area contributed by atoms with Crippen LogP contribution in [0.25, 0.3) is 0 Å². The van der Waals surface area contributed by atoms with Crippen molar-refractivity contribution < 1.29 is 8.78 Å². The monoisotopic (exact) mass is 225 g/mol. The molecule has 16 heavy (non-hydrogen) atoms. The van der Waals surface area contributed by atoms with Gasteiger partial charge >= 0.3 is 0 Å². The van der Waals surface area contributed by atoms with Crippen LogP contribution in [0.1, 0.15) is 42.0 Å². The number of halogens is 2. The van der Waals surface area contributed by atoms with Gasteiger partial charge in [-0.1, -0.05) is 6.42 Å². The van der Waals surface area contributed by atoms with E-state index in [0.29, 0.717) is 16.7 Å². The summed E-state index contributed by atoms with van der Waals surface area (Å²) in [6, 6.07) is 1.25. The van der Waals surface area contributed by atoms with Crippen molar-refractivity contribution >= 4 is 0 Å². The highest BCUT2D eigenvalue weighted by atomic mass is 19.1. The largest absolute Gasteiger partial charge is 0.310 e. The SMILES string of the molecule is Cc1cc(F)c(C)c(C2CCCCN2)c1F. The third-order valence-electron chi connectivity index (χ3n) is 3.35. The maximum atomic E-state index is 14.0. The summed E-state index contributed by atoms with van der Waals surface area (Å²) in [5.41, 5.74) is 1.37. The molecule has 1 saturated heterocycles. The zero-order valence-electron chi connectivity index (χ0n) is 9.74. The number of hydrogen-bond donors (Lipinski definition) is 1. The molecule has 1 aliphatic rings. The first-order valence-electron chi connectivity index (χ1n) is 5.79. The molecule has 1 nitrogen and oxygen atoms in total. The van der Waals surface area contributed by atoms with Gasteiger partial charge < -0.3 is 5.32 Å². The molecular formula is C13H17F2N. The molecule has 0 aromatic heterocycles. The van der Waals surface area contributed by atoms with Crippen LogP contribution < -0.4 is 5.32 Å². The molecule has 1 aliphatic heterocycles. The second-order valence-electron chi connectivity index (χ2n) is 4.53. The molecule has 3 heteroatoms. The van der Waals surface area contributed by atoms with Crippen LogP contribution in [0, 0.1) is 25.5 Å². The van der Waals surface area contributed by atoms with Crippen molar-refractivity contribution in [3.63, 3.8) is 0 Å². The summed E-state index contributed by atoms with van der Waals surface area (Å²) in [5, 5.41) is 3.26. The van der Waals surface area contributed by atoms with Crippen molar-refractivity contribution in [2.45, 2.75) is 39.2 Å². The molecule has 0 radical (unpaired) electrons. The number of nitrogens with one attached hydrogen (secondary N) is 1. The van der Waals surface area contributed by atoms with Crippen molar-refractivity contribution in [1.82, 2.24) is 5.32 Å².